The van der Waals surface area contributed by atoms with E-state index in [0.29, 0.717) is 16.1 Å². The molecule has 0 saturated carbocycles. The molecule has 2 aliphatic rings. The van der Waals surface area contributed by atoms with Gasteiger partial charge in [-0.15, -0.1) is 11.3 Å². The average molecular weight is 497 g/mol. The van der Waals surface area contributed by atoms with Crippen LogP contribution in [0.3, 0.4) is 0 Å². The van der Waals surface area contributed by atoms with Crippen LogP contribution in [0.1, 0.15) is 35.6 Å². The summed E-state index contributed by atoms with van der Waals surface area (Å²) >= 11 is 1.25. The zero-order valence-electron chi connectivity index (χ0n) is 18.6. The molecular formula is C23H20N4O7S. The third-order valence-corrected chi connectivity index (χ3v) is 7.62. The SMILES string of the molecule is CC(=O)c1ncn2c(C3=C(C(=O)O)N4C(=O)[C@H]([C@@H](C)O)[C@H]4C3Cc3ccc([N+](=O)[O-])cc3)csc12. The number of thiazole rings is 1. The van der Waals surface area contributed by atoms with Crippen molar-refractivity contribution in [2.24, 2.45) is 11.8 Å². The number of aliphatic hydroxyl groups is 1. The van der Waals surface area contributed by atoms with Crippen LogP contribution in [-0.2, 0) is 16.0 Å². The lowest BCUT2D eigenvalue weighted by Crippen LogP contribution is -2.64. The molecule has 1 aromatic carbocycles. The normalized spacial score (nSPS) is 22.3. The van der Waals surface area contributed by atoms with Gasteiger partial charge in [0, 0.05) is 35.9 Å². The maximum Gasteiger partial charge on any atom is 0.352 e. The molecule has 1 unspecified atom stereocenters. The largest absolute Gasteiger partial charge is 0.477 e. The first-order valence-electron chi connectivity index (χ1n) is 10.8. The van der Waals surface area contributed by atoms with E-state index < -0.39 is 40.8 Å². The van der Waals surface area contributed by atoms with Crippen molar-refractivity contribution < 1.29 is 29.5 Å². The number of carboxylic acid groups (broad SMARTS) is 1. The molecule has 1 saturated heterocycles. The minimum atomic E-state index is -1.28. The molecule has 2 aromatic heterocycles. The molecule has 2 aliphatic heterocycles. The van der Waals surface area contributed by atoms with E-state index in [1.165, 1.54) is 48.5 Å². The fourth-order valence-electron chi connectivity index (χ4n) is 5.17. The Morgan fingerprint density at radius 1 is 1.29 bits per heavy atom. The predicted octanol–water partition coefficient (Wildman–Crippen LogP) is 2.38. The summed E-state index contributed by atoms with van der Waals surface area (Å²) in [6.45, 7) is 2.90. The molecular weight excluding hydrogens is 476 g/mol. The number of amides is 1. The van der Waals surface area contributed by atoms with Crippen LogP contribution in [0.2, 0.25) is 0 Å². The van der Waals surface area contributed by atoms with E-state index in [4.69, 9.17) is 0 Å². The lowest BCUT2D eigenvalue weighted by atomic mass is 9.74. The second-order valence-corrected chi connectivity index (χ2v) is 9.57. The van der Waals surface area contributed by atoms with Crippen LogP contribution in [0, 0.1) is 22.0 Å². The summed E-state index contributed by atoms with van der Waals surface area (Å²) in [5, 5.41) is 33.2. The number of benzene rings is 1. The van der Waals surface area contributed by atoms with Gasteiger partial charge in [0.1, 0.15) is 22.5 Å². The van der Waals surface area contributed by atoms with Crippen LogP contribution in [0.5, 0.6) is 0 Å². The molecule has 4 atom stereocenters. The number of nitrogens with zero attached hydrogens (tertiary/aromatic N) is 4. The Bertz CT molecular complexity index is 1440. The molecule has 2 N–H and O–H groups in total. The smallest absolute Gasteiger partial charge is 0.352 e. The third-order valence-electron chi connectivity index (χ3n) is 6.67. The van der Waals surface area contributed by atoms with Gasteiger partial charge in [-0.3, -0.25) is 24.1 Å². The Morgan fingerprint density at radius 3 is 2.54 bits per heavy atom. The molecule has 4 heterocycles. The highest BCUT2D eigenvalue weighted by atomic mass is 32.1. The van der Waals surface area contributed by atoms with Crippen molar-refractivity contribution in [3.8, 4) is 0 Å². The number of Topliss-reactive ketones (excluding diaryl/α,β-unsaturated/α-hetero) is 1. The number of carbonyl (C=O) groups is 3. The second kappa shape index (κ2) is 8.10. The summed E-state index contributed by atoms with van der Waals surface area (Å²) in [7, 11) is 0. The van der Waals surface area contributed by atoms with Gasteiger partial charge in [0.25, 0.3) is 5.69 Å². The van der Waals surface area contributed by atoms with Crippen LogP contribution in [-0.4, -0.2) is 59.2 Å². The number of aromatic nitrogens is 2. The third kappa shape index (κ3) is 3.36. The number of hydrogen-bond donors (Lipinski definition) is 2. The Balaban J connectivity index is 1.67. The first-order chi connectivity index (χ1) is 16.6. The maximum atomic E-state index is 12.9. The van der Waals surface area contributed by atoms with Crippen molar-refractivity contribution in [2.45, 2.75) is 32.4 Å². The number of nitro benzene ring substituents is 1. The zero-order valence-corrected chi connectivity index (χ0v) is 19.4. The highest BCUT2D eigenvalue weighted by Crippen LogP contribution is 2.52. The van der Waals surface area contributed by atoms with E-state index >= 15 is 0 Å². The maximum absolute atomic E-state index is 12.9. The quantitative estimate of drug-likeness (QED) is 0.219. The molecule has 1 fully saturated rings. The number of imidazole rings is 1. The minimum Gasteiger partial charge on any atom is -0.477 e. The fourth-order valence-corrected chi connectivity index (χ4v) is 6.20. The number of aliphatic hydroxyl groups excluding tert-OH is 1. The Labute approximate surface area is 202 Å². The van der Waals surface area contributed by atoms with Gasteiger partial charge >= 0.3 is 5.97 Å². The molecule has 12 heteroatoms. The van der Waals surface area contributed by atoms with Gasteiger partial charge in [0.15, 0.2) is 5.78 Å². The van der Waals surface area contributed by atoms with E-state index in [1.54, 1.807) is 21.9 Å². The molecule has 5 rings (SSSR count). The van der Waals surface area contributed by atoms with Gasteiger partial charge in [0.2, 0.25) is 5.91 Å². The number of ketones is 1. The van der Waals surface area contributed by atoms with Crippen LogP contribution in [0.25, 0.3) is 10.4 Å². The summed E-state index contributed by atoms with van der Waals surface area (Å²) in [6.07, 6.45) is 0.752. The summed E-state index contributed by atoms with van der Waals surface area (Å²) in [5.74, 6) is -3.27. The Kier molecular flexibility index (Phi) is 5.29. The van der Waals surface area contributed by atoms with Gasteiger partial charge in [-0.05, 0) is 18.9 Å². The lowest BCUT2D eigenvalue weighted by Gasteiger charge is -2.47. The van der Waals surface area contributed by atoms with Crippen molar-refractivity contribution in [3.05, 3.63) is 68.7 Å². The molecule has 0 spiro atoms. The Hall–Kier alpha value is -3.90. The fraction of sp³-hybridized carbons (Fsp3) is 0.304. The zero-order chi connectivity index (χ0) is 25.2. The number of non-ortho nitro benzene ring substituents is 1. The van der Waals surface area contributed by atoms with Crippen molar-refractivity contribution in [3.63, 3.8) is 0 Å². The predicted molar refractivity (Wildman–Crippen MR) is 124 cm³/mol. The second-order valence-electron chi connectivity index (χ2n) is 8.71. The highest BCUT2D eigenvalue weighted by Gasteiger charge is 2.61. The van der Waals surface area contributed by atoms with E-state index in [-0.39, 0.29) is 29.3 Å². The van der Waals surface area contributed by atoms with E-state index in [0.717, 1.165) is 5.56 Å². The van der Waals surface area contributed by atoms with E-state index in [2.05, 4.69) is 4.98 Å². The minimum absolute atomic E-state index is 0.0702. The van der Waals surface area contributed by atoms with Crippen molar-refractivity contribution in [1.29, 1.82) is 0 Å². The van der Waals surface area contributed by atoms with Gasteiger partial charge in [0.05, 0.1) is 28.7 Å². The monoisotopic (exact) mass is 496 g/mol. The number of fused-ring (bicyclic) bond motifs is 2. The molecule has 0 radical (unpaired) electrons. The van der Waals surface area contributed by atoms with Gasteiger partial charge in [-0.1, -0.05) is 12.1 Å². The van der Waals surface area contributed by atoms with Crippen LogP contribution < -0.4 is 0 Å². The lowest BCUT2D eigenvalue weighted by molar-refractivity contribution is -0.384. The van der Waals surface area contributed by atoms with Crippen molar-refractivity contribution in [2.75, 3.05) is 0 Å². The van der Waals surface area contributed by atoms with Gasteiger partial charge in [-0.25, -0.2) is 9.78 Å². The molecule has 180 valence electrons. The molecule has 11 nitrogen and oxygen atoms in total. The molecule has 3 aromatic rings. The van der Waals surface area contributed by atoms with Crippen molar-refractivity contribution >= 4 is 45.1 Å². The first kappa shape index (κ1) is 22.9. The van der Waals surface area contributed by atoms with Crippen LogP contribution in [0.15, 0.2) is 41.7 Å². The summed E-state index contributed by atoms with van der Waals surface area (Å²) < 4.78 is 1.65. The molecule has 0 bridgehead atoms. The number of aliphatic carboxylic acids is 1. The Morgan fingerprint density at radius 2 is 1.97 bits per heavy atom. The summed E-state index contributed by atoms with van der Waals surface area (Å²) in [4.78, 5) is 53.8. The topological polar surface area (TPSA) is 155 Å². The number of carbonyl (C=O) groups excluding carboxylic acids is 2. The summed E-state index contributed by atoms with van der Waals surface area (Å²) in [5.41, 5.74) is 1.65. The molecule has 1 amide bonds. The summed E-state index contributed by atoms with van der Waals surface area (Å²) in [6, 6.07) is 5.36. The van der Waals surface area contributed by atoms with Gasteiger partial charge in [-0.2, -0.15) is 0 Å². The average Bonchev–Trinajstić information content (AvgIpc) is 3.45. The van der Waals surface area contributed by atoms with Crippen molar-refractivity contribution in [1.82, 2.24) is 14.3 Å². The number of rotatable bonds is 7. The standard InChI is InChI=1S/C23H20N4O7S/c1-10(28)16-19-14(7-12-3-5-13(6-4-12)27(33)34)17(20(23(31)32)26(19)21(16)30)15-8-35-22-18(11(2)29)24-9-25(15)22/h3-6,8-10,14,16,19,28H,7H2,1-2H3,(H,31,32)/t10-,14?,16-,19-/m1/s1. The molecule has 35 heavy (non-hydrogen) atoms. The van der Waals surface area contributed by atoms with Crippen LogP contribution >= 0.6 is 11.3 Å². The van der Waals surface area contributed by atoms with E-state index in [1.807, 2.05) is 0 Å². The van der Waals surface area contributed by atoms with Crippen LogP contribution in [0.4, 0.5) is 5.69 Å². The number of carboxylic acids is 1. The number of nitro groups is 1. The molecule has 0 aliphatic carbocycles. The first-order valence-corrected chi connectivity index (χ1v) is 11.7. The van der Waals surface area contributed by atoms with Gasteiger partial charge < -0.3 is 15.1 Å². The highest BCUT2D eigenvalue weighted by molar-refractivity contribution is 7.16. The number of β-lactam (4-membered cyclic amide) rings is 1. The number of hydrogen-bond acceptors (Lipinski definition) is 8. The van der Waals surface area contributed by atoms with E-state index in [9.17, 15) is 34.7 Å².